The maximum absolute atomic E-state index is 11.9. The third kappa shape index (κ3) is 3.17. The molecule has 2 rings (SSSR count). The van der Waals surface area contributed by atoms with Gasteiger partial charge < -0.3 is 5.32 Å². The van der Waals surface area contributed by atoms with E-state index in [9.17, 15) is 4.79 Å². The van der Waals surface area contributed by atoms with Crippen LogP contribution in [0.1, 0.15) is 5.56 Å². The van der Waals surface area contributed by atoms with Crippen molar-refractivity contribution in [3.63, 3.8) is 0 Å². The third-order valence-electron chi connectivity index (χ3n) is 2.31. The minimum Gasteiger partial charge on any atom is -0.324 e. The quantitative estimate of drug-likeness (QED) is 0.899. The molecule has 0 radical (unpaired) electrons. The van der Waals surface area contributed by atoms with Gasteiger partial charge in [-0.15, -0.1) is 5.10 Å². The number of anilines is 1. The van der Waals surface area contributed by atoms with Crippen LogP contribution in [0.5, 0.6) is 0 Å². The maximum Gasteiger partial charge on any atom is 0.246 e. The van der Waals surface area contributed by atoms with E-state index in [0.29, 0.717) is 9.47 Å². The average molecular weight is 374 g/mol. The second kappa shape index (κ2) is 5.62. The molecule has 0 atom stereocenters. The van der Waals surface area contributed by atoms with Gasteiger partial charge in [-0.3, -0.25) is 4.79 Å². The molecule has 1 heterocycles. The summed E-state index contributed by atoms with van der Waals surface area (Å²) in [6.07, 6.45) is 0. The Kier molecular flexibility index (Phi) is 4.13. The van der Waals surface area contributed by atoms with Crippen LogP contribution in [-0.4, -0.2) is 20.7 Å². The second-order valence-electron chi connectivity index (χ2n) is 3.67. The number of amides is 1. The normalized spacial score (nSPS) is 10.4. The van der Waals surface area contributed by atoms with Gasteiger partial charge >= 0.3 is 0 Å². The topological polar surface area (TPSA) is 59.8 Å². The molecule has 0 bridgehead atoms. The minimum atomic E-state index is -0.151. The molecule has 0 aliphatic carbocycles. The maximum atomic E-state index is 11.9. The summed E-state index contributed by atoms with van der Waals surface area (Å²) in [5, 5.41) is 6.86. The van der Waals surface area contributed by atoms with Gasteiger partial charge in [0, 0.05) is 5.69 Å². The molecule has 0 aliphatic heterocycles. The van der Waals surface area contributed by atoms with Gasteiger partial charge in [0.2, 0.25) is 10.6 Å². The molecule has 1 aromatic heterocycles. The number of aromatic nitrogens is 3. The molecule has 1 N–H and O–H groups in total. The summed E-state index contributed by atoms with van der Waals surface area (Å²) < 4.78 is 2.42. The lowest BCUT2D eigenvalue weighted by atomic mass is 10.2. The molecule has 0 saturated heterocycles. The minimum absolute atomic E-state index is 0.105. The lowest BCUT2D eigenvalue weighted by Gasteiger charge is -2.08. The first-order valence-corrected chi connectivity index (χ1v) is 6.76. The number of nitrogens with one attached hydrogen (secondary N) is 1. The zero-order valence-corrected chi connectivity index (χ0v) is 12.7. The van der Waals surface area contributed by atoms with Gasteiger partial charge in [-0.2, -0.15) is 4.98 Å². The molecular formula is C11H10Br2N4O. The van der Waals surface area contributed by atoms with Crippen LogP contribution in [0, 0.1) is 6.92 Å². The van der Waals surface area contributed by atoms with E-state index in [2.05, 4.69) is 47.3 Å². The molecule has 7 heteroatoms. The average Bonchev–Trinajstić information content (AvgIpc) is 2.61. The fourth-order valence-corrected chi connectivity index (χ4v) is 2.41. The Morgan fingerprint density at radius 2 is 2.11 bits per heavy atom. The van der Waals surface area contributed by atoms with E-state index in [-0.39, 0.29) is 12.5 Å². The first kappa shape index (κ1) is 13.2. The summed E-state index contributed by atoms with van der Waals surface area (Å²) in [6.45, 7) is 2.05. The van der Waals surface area contributed by atoms with E-state index in [1.165, 1.54) is 4.68 Å². The van der Waals surface area contributed by atoms with Gasteiger partial charge in [-0.05, 0) is 50.4 Å². The van der Waals surface area contributed by atoms with Crippen LogP contribution in [0.3, 0.4) is 0 Å². The van der Waals surface area contributed by atoms with Crippen molar-refractivity contribution >= 4 is 43.5 Å². The Balaban J connectivity index is 2.06. The standard InChI is InChI=1S/C11H10Br2N4O/c1-7-4-2-3-5-8(7)14-9(18)6-17-11(13)15-10(12)16-17/h2-5H,6H2,1H3,(H,14,18). The molecule has 0 saturated carbocycles. The van der Waals surface area contributed by atoms with Crippen LogP contribution in [0.4, 0.5) is 5.69 Å². The smallest absolute Gasteiger partial charge is 0.246 e. The molecular weight excluding hydrogens is 364 g/mol. The van der Waals surface area contributed by atoms with E-state index in [1.807, 2.05) is 31.2 Å². The third-order valence-corrected chi connectivity index (χ3v) is 3.24. The highest BCUT2D eigenvalue weighted by Gasteiger charge is 2.10. The molecule has 1 aromatic carbocycles. The fraction of sp³-hybridized carbons (Fsp3) is 0.182. The number of hydrogen-bond acceptors (Lipinski definition) is 3. The van der Waals surface area contributed by atoms with Crippen molar-refractivity contribution in [3.8, 4) is 0 Å². The summed E-state index contributed by atoms with van der Waals surface area (Å²) in [5.74, 6) is -0.151. The highest BCUT2D eigenvalue weighted by Crippen LogP contribution is 2.14. The number of hydrogen-bond donors (Lipinski definition) is 1. The molecule has 18 heavy (non-hydrogen) atoms. The Morgan fingerprint density at radius 1 is 1.39 bits per heavy atom. The highest BCUT2D eigenvalue weighted by molar-refractivity contribution is 9.11. The van der Waals surface area contributed by atoms with Crippen LogP contribution in [0.25, 0.3) is 0 Å². The molecule has 2 aromatic rings. The van der Waals surface area contributed by atoms with Crippen LogP contribution < -0.4 is 5.32 Å². The number of aryl methyl sites for hydroxylation is 1. The molecule has 0 spiro atoms. The summed E-state index contributed by atoms with van der Waals surface area (Å²) in [7, 11) is 0. The number of para-hydroxylation sites is 1. The van der Waals surface area contributed by atoms with Gasteiger partial charge in [0.1, 0.15) is 6.54 Å². The predicted octanol–water partition coefficient (Wildman–Crippen LogP) is 2.75. The summed E-state index contributed by atoms with van der Waals surface area (Å²) in [6, 6.07) is 7.61. The van der Waals surface area contributed by atoms with Gasteiger partial charge in [0.15, 0.2) is 4.73 Å². The van der Waals surface area contributed by atoms with Crippen LogP contribution in [0.15, 0.2) is 33.7 Å². The van der Waals surface area contributed by atoms with Gasteiger partial charge in [-0.25, -0.2) is 4.68 Å². The molecule has 0 unspecified atom stereocenters. The van der Waals surface area contributed by atoms with E-state index < -0.39 is 0 Å². The first-order chi connectivity index (χ1) is 8.56. The van der Waals surface area contributed by atoms with Gasteiger partial charge in [-0.1, -0.05) is 18.2 Å². The Hall–Kier alpha value is -1.21. The van der Waals surface area contributed by atoms with Crippen molar-refractivity contribution < 1.29 is 4.79 Å². The Morgan fingerprint density at radius 3 is 2.72 bits per heavy atom. The molecule has 0 fully saturated rings. The highest BCUT2D eigenvalue weighted by atomic mass is 79.9. The number of halogens is 2. The monoisotopic (exact) mass is 372 g/mol. The summed E-state index contributed by atoms with van der Waals surface area (Å²) in [4.78, 5) is 15.9. The number of rotatable bonds is 3. The number of carbonyl (C=O) groups is 1. The van der Waals surface area contributed by atoms with E-state index >= 15 is 0 Å². The Bertz CT molecular complexity index is 582. The van der Waals surface area contributed by atoms with Crippen LogP contribution in [0.2, 0.25) is 0 Å². The van der Waals surface area contributed by atoms with Crippen LogP contribution >= 0.6 is 31.9 Å². The van der Waals surface area contributed by atoms with Crippen molar-refractivity contribution in [2.75, 3.05) is 5.32 Å². The van der Waals surface area contributed by atoms with Crippen molar-refractivity contribution in [3.05, 3.63) is 39.3 Å². The molecule has 5 nitrogen and oxygen atoms in total. The zero-order chi connectivity index (χ0) is 13.1. The number of carbonyl (C=O) groups excluding carboxylic acids is 1. The molecule has 1 amide bonds. The largest absolute Gasteiger partial charge is 0.324 e. The summed E-state index contributed by atoms with van der Waals surface area (Å²) in [5.41, 5.74) is 1.82. The van der Waals surface area contributed by atoms with E-state index in [4.69, 9.17) is 0 Å². The second-order valence-corrected chi connectivity index (χ2v) is 5.09. The molecule has 94 valence electrons. The van der Waals surface area contributed by atoms with Crippen molar-refractivity contribution in [1.29, 1.82) is 0 Å². The van der Waals surface area contributed by atoms with Gasteiger partial charge in [0.05, 0.1) is 0 Å². The fourth-order valence-electron chi connectivity index (χ4n) is 1.44. The zero-order valence-electron chi connectivity index (χ0n) is 9.52. The van der Waals surface area contributed by atoms with E-state index in [1.54, 1.807) is 0 Å². The SMILES string of the molecule is Cc1ccccc1NC(=O)Cn1nc(Br)nc1Br. The summed E-state index contributed by atoms with van der Waals surface area (Å²) >= 11 is 6.37. The lowest BCUT2D eigenvalue weighted by molar-refractivity contribution is -0.117. The lowest BCUT2D eigenvalue weighted by Crippen LogP contribution is -2.20. The van der Waals surface area contributed by atoms with Crippen molar-refractivity contribution in [2.24, 2.45) is 0 Å². The van der Waals surface area contributed by atoms with Crippen molar-refractivity contribution in [1.82, 2.24) is 14.8 Å². The Labute approximate surface area is 121 Å². The van der Waals surface area contributed by atoms with Crippen molar-refractivity contribution in [2.45, 2.75) is 13.5 Å². The van der Waals surface area contributed by atoms with Gasteiger partial charge in [0.25, 0.3) is 0 Å². The van der Waals surface area contributed by atoms with Crippen LogP contribution in [-0.2, 0) is 11.3 Å². The number of benzene rings is 1. The first-order valence-electron chi connectivity index (χ1n) is 5.17. The molecule has 0 aliphatic rings. The number of nitrogens with zero attached hydrogens (tertiary/aromatic N) is 3. The van der Waals surface area contributed by atoms with E-state index in [0.717, 1.165) is 11.3 Å². The predicted molar refractivity (Wildman–Crippen MR) is 75.2 cm³/mol.